The lowest BCUT2D eigenvalue weighted by atomic mass is 9.72. The second-order valence-corrected chi connectivity index (χ2v) is 8.97. The van der Waals surface area contributed by atoms with Crippen LogP contribution in [0, 0.1) is 11.3 Å². The smallest absolute Gasteiger partial charge is 0.326 e. The van der Waals surface area contributed by atoms with Crippen LogP contribution in [0.3, 0.4) is 0 Å². The minimum Gasteiger partial charge on any atom is -0.464 e. The minimum absolute atomic E-state index is 0.0724. The predicted octanol–water partition coefficient (Wildman–Crippen LogP) is 3.56. The maximum Gasteiger partial charge on any atom is 0.326 e. The van der Waals surface area contributed by atoms with E-state index in [1.807, 2.05) is 6.92 Å². The van der Waals surface area contributed by atoms with E-state index in [-0.39, 0.29) is 23.5 Å². The molecule has 0 spiro atoms. The van der Waals surface area contributed by atoms with Crippen LogP contribution in [0.5, 0.6) is 0 Å². The number of carbonyl (C=O) groups is 1. The molecular weight excluding hydrogens is 336 g/mol. The Morgan fingerprint density at radius 3 is 2.88 bits per heavy atom. The second kappa shape index (κ2) is 6.90. The number of hydrogen-bond acceptors (Lipinski definition) is 5. The zero-order chi connectivity index (χ0) is 18.2. The third kappa shape index (κ3) is 3.64. The number of thiophene rings is 1. The standard InChI is InChI=1S/C19H26N2O3S/c1-5-8-24-15(22)10-21-11-20-17-16(18(21)23)13-7-6-12(19(2,3)4)9-14(13)25-17/h11-12H,5-10H2,1-4H3/t12-/m1/s1. The Labute approximate surface area is 152 Å². The van der Waals surface area contributed by atoms with Crippen LogP contribution in [0.4, 0.5) is 0 Å². The average molecular weight is 362 g/mol. The van der Waals surface area contributed by atoms with Crippen molar-refractivity contribution in [2.45, 2.75) is 59.9 Å². The molecule has 0 saturated carbocycles. The summed E-state index contributed by atoms with van der Waals surface area (Å²) in [5.74, 6) is 0.237. The SMILES string of the molecule is CCCOC(=O)Cn1cnc2sc3c(c2c1=O)CC[C@@H](C(C)(C)C)C3. The van der Waals surface area contributed by atoms with Crippen LogP contribution in [0.2, 0.25) is 0 Å². The summed E-state index contributed by atoms with van der Waals surface area (Å²) in [5.41, 5.74) is 1.30. The van der Waals surface area contributed by atoms with Gasteiger partial charge in [-0.25, -0.2) is 4.98 Å². The van der Waals surface area contributed by atoms with Gasteiger partial charge in [-0.2, -0.15) is 0 Å². The number of aromatic nitrogens is 2. The lowest BCUT2D eigenvalue weighted by Crippen LogP contribution is -2.28. The van der Waals surface area contributed by atoms with E-state index in [0.29, 0.717) is 17.9 Å². The molecule has 0 N–H and O–H groups in total. The number of ether oxygens (including phenoxy) is 1. The topological polar surface area (TPSA) is 61.2 Å². The van der Waals surface area contributed by atoms with Crippen LogP contribution in [0.25, 0.3) is 10.2 Å². The zero-order valence-corrected chi connectivity index (χ0v) is 16.2. The monoisotopic (exact) mass is 362 g/mol. The molecule has 5 nitrogen and oxygen atoms in total. The van der Waals surface area contributed by atoms with Gasteiger partial charge in [0.1, 0.15) is 11.4 Å². The van der Waals surface area contributed by atoms with Gasteiger partial charge < -0.3 is 4.74 Å². The van der Waals surface area contributed by atoms with Crippen LogP contribution in [-0.2, 0) is 28.9 Å². The molecular formula is C19H26N2O3S. The van der Waals surface area contributed by atoms with Gasteiger partial charge in [0.05, 0.1) is 18.3 Å². The van der Waals surface area contributed by atoms with Crippen molar-refractivity contribution in [1.29, 1.82) is 0 Å². The highest BCUT2D eigenvalue weighted by Gasteiger charge is 2.31. The molecule has 0 unspecified atom stereocenters. The minimum atomic E-state index is -0.387. The number of nitrogens with zero attached hydrogens (tertiary/aromatic N) is 2. The first kappa shape index (κ1) is 18.1. The maximum absolute atomic E-state index is 12.9. The lowest BCUT2D eigenvalue weighted by molar-refractivity contribution is -0.144. The second-order valence-electron chi connectivity index (χ2n) is 7.89. The lowest BCUT2D eigenvalue weighted by Gasteiger charge is -2.33. The van der Waals surface area contributed by atoms with Crippen molar-refractivity contribution in [2.75, 3.05) is 6.61 Å². The normalized spacial score (nSPS) is 17.5. The van der Waals surface area contributed by atoms with Crippen molar-refractivity contribution in [3.05, 3.63) is 27.1 Å². The van der Waals surface area contributed by atoms with Gasteiger partial charge in [0, 0.05) is 4.88 Å². The fraction of sp³-hybridized carbons (Fsp3) is 0.632. The van der Waals surface area contributed by atoms with Crippen LogP contribution in [0.1, 0.15) is 51.0 Å². The molecule has 1 atom stereocenters. The number of carbonyl (C=O) groups excluding carboxylic acids is 1. The van der Waals surface area contributed by atoms with Gasteiger partial charge in [0.25, 0.3) is 5.56 Å². The van der Waals surface area contributed by atoms with Gasteiger partial charge in [-0.15, -0.1) is 11.3 Å². The third-order valence-corrected chi connectivity index (χ3v) is 6.19. The Hall–Kier alpha value is -1.69. The molecule has 0 amide bonds. The van der Waals surface area contributed by atoms with Gasteiger partial charge in [-0.1, -0.05) is 27.7 Å². The summed E-state index contributed by atoms with van der Waals surface area (Å²) in [4.78, 5) is 31.2. The number of fused-ring (bicyclic) bond motifs is 3. The van der Waals surface area contributed by atoms with E-state index in [2.05, 4.69) is 25.8 Å². The highest BCUT2D eigenvalue weighted by Crippen LogP contribution is 2.41. The van der Waals surface area contributed by atoms with E-state index >= 15 is 0 Å². The Kier molecular flexibility index (Phi) is 5.00. The van der Waals surface area contributed by atoms with Crippen LogP contribution >= 0.6 is 11.3 Å². The Bertz CT molecular complexity index is 845. The number of esters is 1. The summed E-state index contributed by atoms with van der Waals surface area (Å²) in [6.07, 6.45) is 5.26. The highest BCUT2D eigenvalue weighted by molar-refractivity contribution is 7.18. The molecule has 3 rings (SSSR count). The largest absolute Gasteiger partial charge is 0.464 e. The molecule has 0 radical (unpaired) electrons. The van der Waals surface area contributed by atoms with E-state index in [0.717, 1.165) is 36.1 Å². The Balaban J connectivity index is 1.93. The molecule has 1 aliphatic rings. The molecule has 2 aromatic rings. The number of rotatable bonds is 4. The summed E-state index contributed by atoms with van der Waals surface area (Å²) in [7, 11) is 0. The molecule has 0 aliphatic heterocycles. The number of hydrogen-bond donors (Lipinski definition) is 0. The summed E-state index contributed by atoms with van der Waals surface area (Å²) < 4.78 is 6.46. The molecule has 2 aromatic heterocycles. The molecule has 6 heteroatoms. The van der Waals surface area contributed by atoms with E-state index in [1.54, 1.807) is 11.3 Å². The van der Waals surface area contributed by atoms with Crippen LogP contribution in [0.15, 0.2) is 11.1 Å². The van der Waals surface area contributed by atoms with E-state index < -0.39 is 0 Å². The van der Waals surface area contributed by atoms with Crippen LogP contribution in [-0.4, -0.2) is 22.1 Å². The molecule has 0 aromatic carbocycles. The van der Waals surface area contributed by atoms with Crippen molar-refractivity contribution in [3.63, 3.8) is 0 Å². The number of aryl methyl sites for hydroxylation is 1. The maximum atomic E-state index is 12.9. The van der Waals surface area contributed by atoms with Gasteiger partial charge in [-0.05, 0) is 42.6 Å². The predicted molar refractivity (Wildman–Crippen MR) is 100 cm³/mol. The van der Waals surface area contributed by atoms with Gasteiger partial charge >= 0.3 is 5.97 Å². The molecule has 1 aliphatic carbocycles. The molecule has 0 fully saturated rings. The first-order chi connectivity index (χ1) is 11.8. The fourth-order valence-corrected chi connectivity index (χ4v) is 4.71. The zero-order valence-electron chi connectivity index (χ0n) is 15.4. The Morgan fingerprint density at radius 2 is 2.20 bits per heavy atom. The van der Waals surface area contributed by atoms with E-state index in [9.17, 15) is 9.59 Å². The fourth-order valence-electron chi connectivity index (χ4n) is 3.45. The third-order valence-electron chi connectivity index (χ3n) is 5.03. The van der Waals surface area contributed by atoms with Crippen molar-refractivity contribution >= 4 is 27.5 Å². The first-order valence-electron chi connectivity index (χ1n) is 8.96. The van der Waals surface area contributed by atoms with Gasteiger partial charge in [0.15, 0.2) is 0 Å². The molecule has 0 saturated heterocycles. The van der Waals surface area contributed by atoms with Crippen molar-refractivity contribution in [1.82, 2.24) is 9.55 Å². The summed E-state index contributed by atoms with van der Waals surface area (Å²) in [5, 5.41) is 0.707. The van der Waals surface area contributed by atoms with Gasteiger partial charge in [-0.3, -0.25) is 14.2 Å². The average Bonchev–Trinajstić information content (AvgIpc) is 2.93. The van der Waals surface area contributed by atoms with Crippen molar-refractivity contribution in [3.8, 4) is 0 Å². The molecule has 2 heterocycles. The first-order valence-corrected chi connectivity index (χ1v) is 9.78. The van der Waals surface area contributed by atoms with Crippen LogP contribution < -0.4 is 5.56 Å². The Morgan fingerprint density at radius 1 is 1.44 bits per heavy atom. The molecule has 25 heavy (non-hydrogen) atoms. The van der Waals surface area contributed by atoms with Gasteiger partial charge in [0.2, 0.25) is 0 Å². The molecule has 136 valence electrons. The van der Waals surface area contributed by atoms with Crippen molar-refractivity contribution in [2.24, 2.45) is 11.3 Å². The van der Waals surface area contributed by atoms with E-state index in [4.69, 9.17) is 4.74 Å². The summed E-state index contributed by atoms with van der Waals surface area (Å²) in [6.45, 7) is 9.09. The summed E-state index contributed by atoms with van der Waals surface area (Å²) in [6, 6.07) is 0. The highest BCUT2D eigenvalue weighted by atomic mass is 32.1. The molecule has 0 bridgehead atoms. The van der Waals surface area contributed by atoms with Crippen molar-refractivity contribution < 1.29 is 9.53 Å². The van der Waals surface area contributed by atoms with E-state index in [1.165, 1.54) is 15.8 Å². The quantitative estimate of drug-likeness (QED) is 0.780. The summed E-state index contributed by atoms with van der Waals surface area (Å²) >= 11 is 1.63.